The highest BCUT2D eigenvalue weighted by Crippen LogP contribution is 2.32. The average molecular weight is 402 g/mol. The van der Waals surface area contributed by atoms with Crippen molar-refractivity contribution in [2.75, 3.05) is 13.2 Å². The van der Waals surface area contributed by atoms with Gasteiger partial charge in [-0.25, -0.2) is 0 Å². The van der Waals surface area contributed by atoms with Crippen molar-refractivity contribution in [3.8, 4) is 0 Å². The second-order valence-corrected chi connectivity index (χ2v) is 7.62. The molecule has 152 valence electrons. The van der Waals surface area contributed by atoms with E-state index in [2.05, 4.69) is 65.6 Å². The molecule has 2 aromatic carbocycles. The molecule has 0 bridgehead atoms. The molecule has 0 aromatic heterocycles. The maximum atomic E-state index is 12.2. The lowest BCUT2D eigenvalue weighted by Gasteiger charge is -2.41. The Morgan fingerprint density at radius 3 is 2.29 bits per heavy atom. The molecular formula is C24H32ClNO2. The van der Waals surface area contributed by atoms with Crippen LogP contribution in [0.15, 0.2) is 60.7 Å². The maximum absolute atomic E-state index is 12.2. The van der Waals surface area contributed by atoms with Crippen LogP contribution in [0.1, 0.15) is 37.8 Å². The van der Waals surface area contributed by atoms with E-state index in [4.69, 9.17) is 4.74 Å². The Balaban J connectivity index is 0.00000280. The molecule has 3 atom stereocenters. The van der Waals surface area contributed by atoms with E-state index >= 15 is 0 Å². The zero-order chi connectivity index (χ0) is 19.1. The zero-order valence-corrected chi connectivity index (χ0v) is 17.7. The largest absolute Gasteiger partial charge is 0.466 e. The zero-order valence-electron chi connectivity index (χ0n) is 16.9. The normalized spacial score (nSPS) is 20.8. The SMILES string of the molecule is CCOC(=O)C(C)C1CCN(Cc2ccccc2)C(Cc2ccccc2)C1.Cl. The van der Waals surface area contributed by atoms with Crippen molar-refractivity contribution in [1.29, 1.82) is 0 Å². The van der Waals surface area contributed by atoms with Gasteiger partial charge in [0.2, 0.25) is 0 Å². The number of ether oxygens (including phenoxy) is 1. The fraction of sp³-hybridized carbons (Fsp3) is 0.458. The van der Waals surface area contributed by atoms with Crippen LogP contribution in [0.25, 0.3) is 0 Å². The number of halogens is 1. The molecule has 0 saturated carbocycles. The minimum Gasteiger partial charge on any atom is -0.466 e. The van der Waals surface area contributed by atoms with Crippen molar-refractivity contribution < 1.29 is 9.53 Å². The van der Waals surface area contributed by atoms with Crippen LogP contribution in [0.3, 0.4) is 0 Å². The van der Waals surface area contributed by atoms with Gasteiger partial charge in [0.05, 0.1) is 12.5 Å². The molecule has 0 radical (unpaired) electrons. The highest BCUT2D eigenvalue weighted by Gasteiger charge is 2.34. The highest BCUT2D eigenvalue weighted by atomic mass is 35.5. The third kappa shape index (κ3) is 6.08. The quantitative estimate of drug-likeness (QED) is 0.602. The van der Waals surface area contributed by atoms with E-state index < -0.39 is 0 Å². The summed E-state index contributed by atoms with van der Waals surface area (Å²) in [6, 6.07) is 21.8. The van der Waals surface area contributed by atoms with Crippen molar-refractivity contribution in [3.63, 3.8) is 0 Å². The summed E-state index contributed by atoms with van der Waals surface area (Å²) < 4.78 is 5.28. The topological polar surface area (TPSA) is 29.5 Å². The van der Waals surface area contributed by atoms with Crippen molar-refractivity contribution in [3.05, 3.63) is 71.8 Å². The predicted molar refractivity (Wildman–Crippen MR) is 117 cm³/mol. The smallest absolute Gasteiger partial charge is 0.308 e. The number of carbonyl (C=O) groups excluding carboxylic acids is 1. The molecular weight excluding hydrogens is 370 g/mol. The first-order chi connectivity index (χ1) is 13.2. The third-order valence-electron chi connectivity index (χ3n) is 5.79. The first kappa shape index (κ1) is 22.4. The molecule has 1 fully saturated rings. The van der Waals surface area contributed by atoms with Gasteiger partial charge in [-0.1, -0.05) is 67.6 Å². The van der Waals surface area contributed by atoms with E-state index in [9.17, 15) is 4.79 Å². The van der Waals surface area contributed by atoms with Crippen LogP contribution in [0.4, 0.5) is 0 Å². The van der Waals surface area contributed by atoms with Gasteiger partial charge in [-0.2, -0.15) is 0 Å². The summed E-state index contributed by atoms with van der Waals surface area (Å²) in [6.07, 6.45) is 3.12. The van der Waals surface area contributed by atoms with E-state index in [1.165, 1.54) is 11.1 Å². The van der Waals surface area contributed by atoms with E-state index in [0.29, 0.717) is 18.6 Å². The summed E-state index contributed by atoms with van der Waals surface area (Å²) in [5.41, 5.74) is 2.72. The van der Waals surface area contributed by atoms with E-state index in [1.807, 2.05) is 13.8 Å². The Labute approximate surface area is 175 Å². The van der Waals surface area contributed by atoms with Crippen LogP contribution in [0.2, 0.25) is 0 Å². The number of likely N-dealkylation sites (tertiary alicyclic amines) is 1. The van der Waals surface area contributed by atoms with Crippen LogP contribution in [0, 0.1) is 11.8 Å². The number of hydrogen-bond donors (Lipinski definition) is 0. The van der Waals surface area contributed by atoms with E-state index in [1.54, 1.807) is 0 Å². The van der Waals surface area contributed by atoms with Crippen LogP contribution in [-0.4, -0.2) is 30.1 Å². The van der Waals surface area contributed by atoms with Gasteiger partial charge in [0, 0.05) is 12.6 Å². The van der Waals surface area contributed by atoms with Gasteiger partial charge in [0.25, 0.3) is 0 Å². The Morgan fingerprint density at radius 1 is 1.07 bits per heavy atom. The number of hydrogen-bond acceptors (Lipinski definition) is 3. The summed E-state index contributed by atoms with van der Waals surface area (Å²) in [6.45, 7) is 6.38. The van der Waals surface area contributed by atoms with Crippen molar-refractivity contribution in [2.24, 2.45) is 11.8 Å². The minimum absolute atomic E-state index is 0. The number of benzene rings is 2. The lowest BCUT2D eigenvalue weighted by molar-refractivity contribution is -0.150. The molecule has 4 heteroatoms. The standard InChI is InChI=1S/C24H31NO2.ClH/c1-3-27-24(26)19(2)22-14-15-25(18-21-12-8-5-9-13-21)23(17-22)16-20-10-6-4-7-11-20;/h4-13,19,22-23H,3,14-18H2,1-2H3;1H. The fourth-order valence-electron chi connectivity index (χ4n) is 4.18. The lowest BCUT2D eigenvalue weighted by atomic mass is 9.80. The summed E-state index contributed by atoms with van der Waals surface area (Å²) in [5, 5.41) is 0. The number of carbonyl (C=O) groups is 1. The summed E-state index contributed by atoms with van der Waals surface area (Å²) in [4.78, 5) is 14.8. The molecule has 0 amide bonds. The molecule has 1 aliphatic heterocycles. The molecule has 3 nitrogen and oxygen atoms in total. The third-order valence-corrected chi connectivity index (χ3v) is 5.79. The fourth-order valence-corrected chi connectivity index (χ4v) is 4.18. The molecule has 0 aliphatic carbocycles. The van der Waals surface area contributed by atoms with Gasteiger partial charge in [-0.3, -0.25) is 9.69 Å². The van der Waals surface area contributed by atoms with Crippen LogP contribution >= 0.6 is 12.4 Å². The summed E-state index contributed by atoms with van der Waals surface area (Å²) >= 11 is 0. The second kappa shape index (κ2) is 11.2. The molecule has 28 heavy (non-hydrogen) atoms. The monoisotopic (exact) mass is 401 g/mol. The average Bonchev–Trinajstić information content (AvgIpc) is 2.70. The van der Waals surface area contributed by atoms with Gasteiger partial charge in [-0.05, 0) is 49.8 Å². The molecule has 3 rings (SSSR count). The van der Waals surface area contributed by atoms with Gasteiger partial charge in [0.1, 0.15) is 0 Å². The molecule has 1 aliphatic rings. The van der Waals surface area contributed by atoms with Crippen molar-refractivity contribution in [1.82, 2.24) is 4.90 Å². The van der Waals surface area contributed by atoms with E-state index in [0.717, 1.165) is 32.4 Å². The van der Waals surface area contributed by atoms with Gasteiger partial charge in [-0.15, -0.1) is 12.4 Å². The molecule has 0 spiro atoms. The first-order valence-electron chi connectivity index (χ1n) is 10.2. The molecule has 0 N–H and O–H groups in total. The van der Waals surface area contributed by atoms with E-state index in [-0.39, 0.29) is 24.3 Å². The number of esters is 1. The predicted octanol–water partition coefficient (Wildman–Crippen LogP) is 5.13. The number of piperidine rings is 1. The second-order valence-electron chi connectivity index (χ2n) is 7.62. The van der Waals surface area contributed by atoms with Gasteiger partial charge in [0.15, 0.2) is 0 Å². The Bertz CT molecular complexity index is 707. The minimum atomic E-state index is -0.0440. The van der Waals surface area contributed by atoms with Crippen LogP contribution in [0.5, 0.6) is 0 Å². The van der Waals surface area contributed by atoms with Crippen molar-refractivity contribution >= 4 is 18.4 Å². The Kier molecular flexibility index (Phi) is 9.01. The van der Waals surface area contributed by atoms with Gasteiger partial charge >= 0.3 is 5.97 Å². The van der Waals surface area contributed by atoms with Crippen LogP contribution < -0.4 is 0 Å². The molecule has 1 heterocycles. The number of rotatable bonds is 7. The highest BCUT2D eigenvalue weighted by molar-refractivity contribution is 5.85. The summed E-state index contributed by atoms with van der Waals surface area (Å²) in [5.74, 6) is 0.323. The Hall–Kier alpha value is -1.84. The lowest BCUT2D eigenvalue weighted by Crippen LogP contribution is -2.45. The Morgan fingerprint density at radius 2 is 1.68 bits per heavy atom. The molecule has 2 aromatic rings. The number of nitrogens with zero attached hydrogens (tertiary/aromatic N) is 1. The summed E-state index contributed by atoms with van der Waals surface area (Å²) in [7, 11) is 0. The van der Waals surface area contributed by atoms with Crippen molar-refractivity contribution in [2.45, 2.75) is 45.7 Å². The first-order valence-corrected chi connectivity index (χ1v) is 10.2. The van der Waals surface area contributed by atoms with Crippen LogP contribution in [-0.2, 0) is 22.5 Å². The molecule has 1 saturated heterocycles. The maximum Gasteiger partial charge on any atom is 0.308 e. The molecule has 3 unspecified atom stereocenters. The van der Waals surface area contributed by atoms with Gasteiger partial charge < -0.3 is 4.74 Å².